The minimum atomic E-state index is -0.0776. The molecule has 0 aromatic heterocycles. The molecule has 4 nitrogen and oxygen atoms in total. The number of nitrogens with two attached hydrogens (primary N) is 1. The third-order valence-corrected chi connectivity index (χ3v) is 3.47. The number of anilines is 1. The fourth-order valence-electron chi connectivity index (χ4n) is 2.36. The van der Waals surface area contributed by atoms with Crippen molar-refractivity contribution in [1.82, 2.24) is 10.6 Å². The normalized spacial score (nSPS) is 17.4. The monoisotopic (exact) mass is 247 g/mol. The van der Waals surface area contributed by atoms with Crippen molar-refractivity contribution in [2.45, 2.75) is 44.7 Å². The van der Waals surface area contributed by atoms with E-state index in [0.717, 1.165) is 24.1 Å². The molecule has 0 bridgehead atoms. The van der Waals surface area contributed by atoms with Crippen LogP contribution in [0.1, 0.15) is 44.2 Å². The fraction of sp³-hybridized carbons (Fsp3) is 0.500. The van der Waals surface area contributed by atoms with E-state index < -0.39 is 0 Å². The first kappa shape index (κ1) is 12.7. The Morgan fingerprint density at radius 3 is 2.50 bits per heavy atom. The number of carbonyl (C=O) groups excluding carboxylic acids is 1. The third kappa shape index (κ3) is 3.39. The van der Waals surface area contributed by atoms with Gasteiger partial charge in [0.25, 0.3) is 0 Å². The average Bonchev–Trinajstić information content (AvgIpc) is 2.82. The molecule has 0 saturated heterocycles. The summed E-state index contributed by atoms with van der Waals surface area (Å²) in [6, 6.07) is 7.85. The van der Waals surface area contributed by atoms with Gasteiger partial charge in [-0.25, -0.2) is 4.79 Å². The highest BCUT2D eigenvalue weighted by Gasteiger charge is 2.18. The molecule has 2 amide bonds. The van der Waals surface area contributed by atoms with Gasteiger partial charge in [-0.05, 0) is 37.5 Å². The molecule has 0 heterocycles. The lowest BCUT2D eigenvalue weighted by Gasteiger charge is -2.18. The van der Waals surface area contributed by atoms with Crippen LogP contribution in [0, 0.1) is 0 Å². The van der Waals surface area contributed by atoms with Crippen molar-refractivity contribution in [2.75, 3.05) is 5.73 Å². The number of hydrogen-bond acceptors (Lipinski definition) is 2. The van der Waals surface area contributed by atoms with Crippen LogP contribution in [0.15, 0.2) is 24.3 Å². The van der Waals surface area contributed by atoms with Gasteiger partial charge in [0.05, 0.1) is 6.04 Å². The Balaban J connectivity index is 1.84. The van der Waals surface area contributed by atoms with Crippen LogP contribution in [0.25, 0.3) is 0 Å². The van der Waals surface area contributed by atoms with Gasteiger partial charge in [-0.15, -0.1) is 0 Å². The SMILES string of the molecule is CC(NC(=O)NC1CCCC1)c1ccc(N)cc1. The lowest BCUT2D eigenvalue weighted by molar-refractivity contribution is 0.234. The smallest absolute Gasteiger partial charge is 0.315 e. The molecule has 0 spiro atoms. The van der Waals surface area contributed by atoms with Gasteiger partial charge >= 0.3 is 6.03 Å². The number of nitrogen functional groups attached to an aromatic ring is 1. The molecule has 1 aromatic rings. The molecule has 1 saturated carbocycles. The second-order valence-corrected chi connectivity index (χ2v) is 4.99. The predicted octanol–water partition coefficient (Wildman–Crippen LogP) is 2.57. The molecule has 1 fully saturated rings. The first-order valence-corrected chi connectivity index (χ1v) is 6.57. The topological polar surface area (TPSA) is 67.2 Å². The number of nitrogens with one attached hydrogen (secondary N) is 2. The van der Waals surface area contributed by atoms with E-state index in [0.29, 0.717) is 6.04 Å². The second kappa shape index (κ2) is 5.76. The van der Waals surface area contributed by atoms with E-state index in [9.17, 15) is 4.79 Å². The average molecular weight is 247 g/mol. The van der Waals surface area contributed by atoms with Crippen molar-refractivity contribution in [1.29, 1.82) is 0 Å². The highest BCUT2D eigenvalue weighted by atomic mass is 16.2. The van der Waals surface area contributed by atoms with Crippen LogP contribution >= 0.6 is 0 Å². The quantitative estimate of drug-likeness (QED) is 0.719. The molecule has 1 aliphatic carbocycles. The van der Waals surface area contributed by atoms with Gasteiger partial charge in [-0.1, -0.05) is 25.0 Å². The number of urea groups is 1. The van der Waals surface area contributed by atoms with Crippen LogP contribution in [-0.4, -0.2) is 12.1 Å². The number of benzene rings is 1. The Bertz CT molecular complexity index is 396. The number of hydrogen-bond donors (Lipinski definition) is 3. The van der Waals surface area contributed by atoms with E-state index in [-0.39, 0.29) is 12.1 Å². The molecule has 18 heavy (non-hydrogen) atoms. The Morgan fingerprint density at radius 2 is 1.89 bits per heavy atom. The van der Waals surface area contributed by atoms with Gasteiger partial charge in [0.15, 0.2) is 0 Å². The highest BCUT2D eigenvalue weighted by Crippen LogP contribution is 2.18. The van der Waals surface area contributed by atoms with Gasteiger partial charge in [0, 0.05) is 11.7 Å². The molecular weight excluding hydrogens is 226 g/mol. The zero-order valence-electron chi connectivity index (χ0n) is 10.8. The second-order valence-electron chi connectivity index (χ2n) is 4.99. The zero-order valence-corrected chi connectivity index (χ0v) is 10.8. The number of carbonyl (C=O) groups is 1. The molecule has 0 radical (unpaired) electrons. The Kier molecular flexibility index (Phi) is 4.07. The first-order chi connectivity index (χ1) is 8.65. The van der Waals surface area contributed by atoms with Crippen LogP contribution in [0.3, 0.4) is 0 Å². The lowest BCUT2D eigenvalue weighted by atomic mass is 10.1. The number of rotatable bonds is 3. The minimum absolute atomic E-state index is 0.00740. The summed E-state index contributed by atoms with van der Waals surface area (Å²) in [6.07, 6.45) is 4.64. The van der Waals surface area contributed by atoms with E-state index in [4.69, 9.17) is 5.73 Å². The van der Waals surface area contributed by atoms with Gasteiger partial charge in [-0.3, -0.25) is 0 Å². The molecule has 1 aromatic carbocycles. The van der Waals surface area contributed by atoms with Crippen molar-refractivity contribution in [3.63, 3.8) is 0 Å². The van der Waals surface area contributed by atoms with Crippen molar-refractivity contribution in [3.8, 4) is 0 Å². The largest absolute Gasteiger partial charge is 0.399 e. The van der Waals surface area contributed by atoms with Crippen molar-refractivity contribution in [3.05, 3.63) is 29.8 Å². The van der Waals surface area contributed by atoms with E-state index >= 15 is 0 Å². The Morgan fingerprint density at radius 1 is 1.28 bits per heavy atom. The summed E-state index contributed by atoms with van der Waals surface area (Å²) in [6.45, 7) is 1.97. The zero-order chi connectivity index (χ0) is 13.0. The van der Waals surface area contributed by atoms with Crippen LogP contribution in [0.5, 0.6) is 0 Å². The van der Waals surface area contributed by atoms with Crippen molar-refractivity contribution < 1.29 is 4.79 Å². The predicted molar refractivity (Wildman–Crippen MR) is 73.2 cm³/mol. The summed E-state index contributed by atoms with van der Waals surface area (Å²) in [5.74, 6) is 0. The van der Waals surface area contributed by atoms with Gasteiger partial charge in [0.1, 0.15) is 0 Å². The summed E-state index contributed by atoms with van der Waals surface area (Å²) in [7, 11) is 0. The highest BCUT2D eigenvalue weighted by molar-refractivity contribution is 5.74. The van der Waals surface area contributed by atoms with Crippen molar-refractivity contribution in [2.24, 2.45) is 0 Å². The van der Waals surface area contributed by atoms with Crippen LogP contribution in [-0.2, 0) is 0 Å². The Labute approximate surface area is 108 Å². The molecule has 1 atom stereocenters. The van der Waals surface area contributed by atoms with Gasteiger partial charge in [0.2, 0.25) is 0 Å². The van der Waals surface area contributed by atoms with E-state index in [2.05, 4.69) is 10.6 Å². The first-order valence-electron chi connectivity index (χ1n) is 6.57. The summed E-state index contributed by atoms with van der Waals surface area (Å²) in [5.41, 5.74) is 7.44. The molecule has 4 N–H and O–H groups in total. The summed E-state index contributed by atoms with van der Waals surface area (Å²) < 4.78 is 0. The molecular formula is C14H21N3O. The molecule has 0 aliphatic heterocycles. The molecule has 98 valence electrons. The standard InChI is InChI=1S/C14H21N3O/c1-10(11-6-8-12(15)9-7-11)16-14(18)17-13-4-2-3-5-13/h6-10,13H,2-5,15H2,1H3,(H2,16,17,18). The van der Waals surface area contributed by atoms with Gasteiger partial charge in [-0.2, -0.15) is 0 Å². The maximum Gasteiger partial charge on any atom is 0.315 e. The summed E-state index contributed by atoms with van der Waals surface area (Å²) in [4.78, 5) is 11.8. The molecule has 1 aliphatic rings. The lowest BCUT2D eigenvalue weighted by Crippen LogP contribution is -2.41. The molecule has 4 heteroatoms. The maximum absolute atomic E-state index is 11.8. The molecule has 1 unspecified atom stereocenters. The van der Waals surface area contributed by atoms with E-state index in [1.807, 2.05) is 31.2 Å². The van der Waals surface area contributed by atoms with Crippen LogP contribution < -0.4 is 16.4 Å². The summed E-state index contributed by atoms with van der Waals surface area (Å²) in [5, 5.41) is 5.97. The van der Waals surface area contributed by atoms with Crippen LogP contribution in [0.4, 0.5) is 10.5 Å². The van der Waals surface area contributed by atoms with E-state index in [1.54, 1.807) is 0 Å². The van der Waals surface area contributed by atoms with Crippen LogP contribution in [0.2, 0.25) is 0 Å². The third-order valence-electron chi connectivity index (χ3n) is 3.47. The minimum Gasteiger partial charge on any atom is -0.399 e. The maximum atomic E-state index is 11.8. The Hall–Kier alpha value is -1.71. The van der Waals surface area contributed by atoms with Gasteiger partial charge < -0.3 is 16.4 Å². The van der Waals surface area contributed by atoms with Crippen molar-refractivity contribution >= 4 is 11.7 Å². The van der Waals surface area contributed by atoms with E-state index in [1.165, 1.54) is 12.8 Å². The fourth-order valence-corrected chi connectivity index (χ4v) is 2.36. The summed E-state index contributed by atoms with van der Waals surface area (Å²) >= 11 is 0. The molecule has 2 rings (SSSR count). The number of amides is 2.